The number of carbonyl (C=O) groups is 2. The molecule has 0 aromatic heterocycles. The highest BCUT2D eigenvalue weighted by Gasteiger charge is 2.26. The quantitative estimate of drug-likeness (QED) is 0.407. The molecule has 2 atom stereocenters. The second-order valence-corrected chi connectivity index (χ2v) is 2.27. The van der Waals surface area contributed by atoms with Gasteiger partial charge in [-0.2, -0.15) is 0 Å². The van der Waals surface area contributed by atoms with Gasteiger partial charge in [0.2, 0.25) is 0 Å². The molecule has 0 heterocycles. The Balaban J connectivity index is 4.11. The molecule has 0 saturated carbocycles. The van der Waals surface area contributed by atoms with E-state index in [-0.39, 0.29) is 0 Å². The Kier molecular flexibility index (Phi) is 4.24. The van der Waals surface area contributed by atoms with Crippen LogP contribution in [0.25, 0.3) is 0 Å². The SMILES string of the molecule is CN[C@H](C(=O)O)C(O)CC(=O)O. The average Bonchev–Trinajstić information content (AvgIpc) is 1.85. The third-order valence-corrected chi connectivity index (χ3v) is 1.35. The zero-order valence-corrected chi connectivity index (χ0v) is 6.52. The lowest BCUT2D eigenvalue weighted by Crippen LogP contribution is -2.45. The Labute approximate surface area is 68.8 Å². The van der Waals surface area contributed by atoms with Crippen LogP contribution in [-0.2, 0) is 9.59 Å². The highest BCUT2D eigenvalue weighted by molar-refractivity contribution is 5.76. The van der Waals surface area contributed by atoms with Crippen LogP contribution >= 0.6 is 0 Å². The fourth-order valence-corrected chi connectivity index (χ4v) is 0.777. The molecule has 0 aliphatic heterocycles. The van der Waals surface area contributed by atoms with Crippen molar-refractivity contribution in [2.45, 2.75) is 18.6 Å². The summed E-state index contributed by atoms with van der Waals surface area (Å²) in [5.74, 6) is -2.50. The van der Waals surface area contributed by atoms with Crippen molar-refractivity contribution in [3.63, 3.8) is 0 Å². The summed E-state index contributed by atoms with van der Waals surface area (Å²) in [5, 5.41) is 28.0. The maximum absolute atomic E-state index is 10.3. The minimum absolute atomic E-state index is 0.586. The molecule has 70 valence electrons. The van der Waals surface area contributed by atoms with Crippen molar-refractivity contribution in [3.05, 3.63) is 0 Å². The van der Waals surface area contributed by atoms with Gasteiger partial charge >= 0.3 is 11.9 Å². The number of aliphatic hydroxyl groups excluding tert-OH is 1. The first kappa shape index (κ1) is 10.9. The molecule has 0 aliphatic carbocycles. The molecule has 4 N–H and O–H groups in total. The summed E-state index contributed by atoms with van der Waals surface area (Å²) in [6.45, 7) is 0. The van der Waals surface area contributed by atoms with Crippen molar-refractivity contribution in [1.29, 1.82) is 0 Å². The number of rotatable bonds is 5. The van der Waals surface area contributed by atoms with E-state index in [9.17, 15) is 9.59 Å². The maximum atomic E-state index is 10.3. The molecule has 0 aliphatic rings. The Morgan fingerprint density at radius 3 is 2.17 bits per heavy atom. The van der Waals surface area contributed by atoms with Crippen LogP contribution in [0.4, 0.5) is 0 Å². The van der Waals surface area contributed by atoms with E-state index in [0.717, 1.165) is 0 Å². The summed E-state index contributed by atoms with van der Waals surface area (Å²) >= 11 is 0. The van der Waals surface area contributed by atoms with Crippen molar-refractivity contribution in [2.75, 3.05) is 7.05 Å². The number of nitrogens with one attached hydrogen (secondary N) is 1. The number of carboxylic acid groups (broad SMARTS) is 2. The minimum Gasteiger partial charge on any atom is -0.481 e. The molecular weight excluding hydrogens is 166 g/mol. The van der Waals surface area contributed by atoms with Crippen LogP contribution < -0.4 is 5.32 Å². The van der Waals surface area contributed by atoms with Crippen LogP contribution in [0.5, 0.6) is 0 Å². The molecule has 0 aromatic carbocycles. The second kappa shape index (κ2) is 4.68. The van der Waals surface area contributed by atoms with Crippen molar-refractivity contribution >= 4 is 11.9 Å². The van der Waals surface area contributed by atoms with E-state index < -0.39 is 30.5 Å². The van der Waals surface area contributed by atoms with Gasteiger partial charge < -0.3 is 20.6 Å². The molecular formula is C6H11NO5. The number of hydrogen-bond acceptors (Lipinski definition) is 4. The zero-order valence-electron chi connectivity index (χ0n) is 6.52. The first-order chi connectivity index (χ1) is 5.49. The Morgan fingerprint density at radius 2 is 1.92 bits per heavy atom. The van der Waals surface area contributed by atoms with Crippen LogP contribution in [0.2, 0.25) is 0 Å². The zero-order chi connectivity index (χ0) is 9.72. The molecule has 0 amide bonds. The van der Waals surface area contributed by atoms with Gasteiger partial charge in [0, 0.05) is 0 Å². The van der Waals surface area contributed by atoms with Crippen LogP contribution in [0.3, 0.4) is 0 Å². The number of aliphatic carboxylic acids is 2. The molecule has 1 unspecified atom stereocenters. The van der Waals surface area contributed by atoms with E-state index in [1.165, 1.54) is 7.05 Å². The van der Waals surface area contributed by atoms with E-state index in [1.807, 2.05) is 0 Å². The van der Waals surface area contributed by atoms with Gasteiger partial charge in [-0.25, -0.2) is 0 Å². The summed E-state index contributed by atoms with van der Waals surface area (Å²) in [7, 11) is 1.34. The molecule has 12 heavy (non-hydrogen) atoms. The summed E-state index contributed by atoms with van der Waals surface area (Å²) in [5.41, 5.74) is 0. The smallest absolute Gasteiger partial charge is 0.323 e. The van der Waals surface area contributed by atoms with E-state index in [4.69, 9.17) is 15.3 Å². The average molecular weight is 177 g/mol. The molecule has 0 rings (SSSR count). The Hall–Kier alpha value is -1.14. The van der Waals surface area contributed by atoms with Crippen LogP contribution in [0.15, 0.2) is 0 Å². The summed E-state index contributed by atoms with van der Waals surface area (Å²) in [4.78, 5) is 20.4. The predicted molar refractivity (Wildman–Crippen MR) is 38.7 cm³/mol. The van der Waals surface area contributed by atoms with Gasteiger partial charge in [-0.15, -0.1) is 0 Å². The molecule has 0 radical (unpaired) electrons. The number of likely N-dealkylation sites (N-methyl/N-ethyl adjacent to an activating group) is 1. The van der Waals surface area contributed by atoms with Crippen molar-refractivity contribution < 1.29 is 24.9 Å². The topological polar surface area (TPSA) is 107 Å². The first-order valence-electron chi connectivity index (χ1n) is 3.29. The van der Waals surface area contributed by atoms with E-state index in [1.54, 1.807) is 0 Å². The standard InChI is InChI=1S/C6H11NO5/c1-7-5(6(11)12)3(8)2-4(9)10/h3,5,7-8H,2H2,1H3,(H,9,10)(H,11,12)/t3?,5-/m0/s1. The Morgan fingerprint density at radius 1 is 1.42 bits per heavy atom. The van der Waals surface area contributed by atoms with Gasteiger partial charge in [0.1, 0.15) is 6.04 Å². The van der Waals surface area contributed by atoms with Crippen LogP contribution in [0.1, 0.15) is 6.42 Å². The third kappa shape index (κ3) is 3.31. The van der Waals surface area contributed by atoms with Crippen molar-refractivity contribution in [2.24, 2.45) is 0 Å². The first-order valence-corrected chi connectivity index (χ1v) is 3.29. The molecule has 0 fully saturated rings. The van der Waals surface area contributed by atoms with Crippen molar-refractivity contribution in [3.8, 4) is 0 Å². The van der Waals surface area contributed by atoms with Gasteiger partial charge in [0.05, 0.1) is 12.5 Å². The monoisotopic (exact) mass is 177 g/mol. The Bertz CT molecular complexity index is 181. The molecule has 6 nitrogen and oxygen atoms in total. The highest BCUT2D eigenvalue weighted by atomic mass is 16.4. The number of aliphatic hydroxyl groups is 1. The van der Waals surface area contributed by atoms with Crippen LogP contribution in [0, 0.1) is 0 Å². The molecule has 0 saturated heterocycles. The van der Waals surface area contributed by atoms with Gasteiger partial charge in [-0.05, 0) is 7.05 Å². The van der Waals surface area contributed by atoms with Crippen LogP contribution in [-0.4, -0.2) is 46.5 Å². The van der Waals surface area contributed by atoms with Gasteiger partial charge in [-0.3, -0.25) is 9.59 Å². The lowest BCUT2D eigenvalue weighted by atomic mass is 10.1. The van der Waals surface area contributed by atoms with Gasteiger partial charge in [0.15, 0.2) is 0 Å². The summed E-state index contributed by atoms with van der Waals surface area (Å²) in [6.07, 6.45) is -2.00. The van der Waals surface area contributed by atoms with E-state index >= 15 is 0 Å². The largest absolute Gasteiger partial charge is 0.481 e. The van der Waals surface area contributed by atoms with Gasteiger partial charge in [-0.1, -0.05) is 0 Å². The van der Waals surface area contributed by atoms with Crippen molar-refractivity contribution in [1.82, 2.24) is 5.32 Å². The molecule has 6 heteroatoms. The van der Waals surface area contributed by atoms with E-state index in [2.05, 4.69) is 5.32 Å². The lowest BCUT2D eigenvalue weighted by molar-refractivity contribution is -0.145. The lowest BCUT2D eigenvalue weighted by Gasteiger charge is -2.15. The molecule has 0 spiro atoms. The highest BCUT2D eigenvalue weighted by Crippen LogP contribution is 1.98. The van der Waals surface area contributed by atoms with E-state index in [0.29, 0.717) is 0 Å². The minimum atomic E-state index is -1.41. The summed E-state index contributed by atoms with van der Waals surface area (Å²) in [6, 6.07) is -1.24. The fourth-order valence-electron chi connectivity index (χ4n) is 0.777. The summed E-state index contributed by atoms with van der Waals surface area (Å²) < 4.78 is 0. The predicted octanol–water partition coefficient (Wildman–Crippen LogP) is -1.51. The maximum Gasteiger partial charge on any atom is 0.323 e. The van der Waals surface area contributed by atoms with Gasteiger partial charge in [0.25, 0.3) is 0 Å². The normalized spacial score (nSPS) is 15.2. The molecule has 0 aromatic rings. The number of hydrogen-bond donors (Lipinski definition) is 4. The fraction of sp³-hybridized carbons (Fsp3) is 0.667. The number of carboxylic acids is 2. The molecule has 0 bridgehead atoms. The second-order valence-electron chi connectivity index (χ2n) is 2.27. The third-order valence-electron chi connectivity index (χ3n) is 1.35.